The van der Waals surface area contributed by atoms with E-state index in [1.54, 1.807) is 19.6 Å². The third-order valence-corrected chi connectivity index (χ3v) is 9.13. The topological polar surface area (TPSA) is 83.5 Å². The number of nitrogens with zero attached hydrogens (tertiary/aromatic N) is 5. The van der Waals surface area contributed by atoms with E-state index in [0.717, 1.165) is 96.1 Å². The van der Waals surface area contributed by atoms with Gasteiger partial charge in [-0.3, -0.25) is 9.78 Å². The number of carbonyl (C=O) groups excluding carboxylic acids is 1. The molecule has 4 heterocycles. The number of amides is 1. The standard InChI is InChI=1S/C34H38N6O2/c1-22-13-26(27-15-30(42-2)19-35-18-27)16-31-32(22)37-21-38-33(31)40-10-7-24-5-6-25(14-28(24)20-40)34(41)39-11-8-29(9-12-39)36-17-23-3-4-23/h5-6,13-16,18-19,21,23,29,36H,3-4,7-12,17,20H2,1-2H3. The van der Waals surface area contributed by atoms with Crippen LogP contribution in [-0.2, 0) is 13.0 Å². The summed E-state index contributed by atoms with van der Waals surface area (Å²) >= 11 is 0. The highest BCUT2D eigenvalue weighted by Crippen LogP contribution is 2.34. The largest absolute Gasteiger partial charge is 0.495 e. The number of pyridine rings is 1. The maximum atomic E-state index is 13.5. The van der Waals surface area contributed by atoms with Crippen molar-refractivity contribution in [1.82, 2.24) is 25.2 Å². The fourth-order valence-electron chi connectivity index (χ4n) is 6.43. The number of fused-ring (bicyclic) bond motifs is 2. The van der Waals surface area contributed by atoms with Gasteiger partial charge in [-0.15, -0.1) is 0 Å². The van der Waals surface area contributed by atoms with Crippen molar-refractivity contribution >= 4 is 22.6 Å². The molecule has 0 spiro atoms. The smallest absolute Gasteiger partial charge is 0.253 e. The molecule has 42 heavy (non-hydrogen) atoms. The monoisotopic (exact) mass is 562 g/mol. The van der Waals surface area contributed by atoms with Crippen LogP contribution in [0.3, 0.4) is 0 Å². The number of carbonyl (C=O) groups is 1. The molecule has 2 aromatic carbocycles. The average Bonchev–Trinajstić information content (AvgIpc) is 3.88. The van der Waals surface area contributed by atoms with Gasteiger partial charge in [0.15, 0.2) is 0 Å². The summed E-state index contributed by atoms with van der Waals surface area (Å²) in [7, 11) is 1.65. The fourth-order valence-corrected chi connectivity index (χ4v) is 6.43. The van der Waals surface area contributed by atoms with Crippen LogP contribution in [0, 0.1) is 12.8 Å². The van der Waals surface area contributed by atoms with Gasteiger partial charge in [0, 0.05) is 54.9 Å². The minimum absolute atomic E-state index is 0.148. The van der Waals surface area contributed by atoms with Crippen LogP contribution in [0.25, 0.3) is 22.0 Å². The first-order valence-corrected chi connectivity index (χ1v) is 15.2. The number of likely N-dealkylation sites (tertiary alicyclic amines) is 1. The van der Waals surface area contributed by atoms with Crippen molar-refractivity contribution in [3.05, 3.63) is 77.4 Å². The van der Waals surface area contributed by atoms with Crippen molar-refractivity contribution in [3.63, 3.8) is 0 Å². The van der Waals surface area contributed by atoms with Gasteiger partial charge >= 0.3 is 0 Å². The van der Waals surface area contributed by atoms with Gasteiger partial charge in [0.25, 0.3) is 5.91 Å². The second kappa shape index (κ2) is 11.3. The van der Waals surface area contributed by atoms with E-state index in [0.29, 0.717) is 12.6 Å². The Morgan fingerprint density at radius 3 is 2.64 bits per heavy atom. The summed E-state index contributed by atoms with van der Waals surface area (Å²) in [6, 6.07) is 13.1. The summed E-state index contributed by atoms with van der Waals surface area (Å²) < 4.78 is 5.41. The van der Waals surface area contributed by atoms with Gasteiger partial charge in [-0.05, 0) is 104 Å². The van der Waals surface area contributed by atoms with Gasteiger partial charge in [-0.25, -0.2) is 9.97 Å². The molecule has 1 saturated heterocycles. The third-order valence-electron chi connectivity index (χ3n) is 9.13. The zero-order chi connectivity index (χ0) is 28.6. The molecule has 2 aromatic heterocycles. The minimum atomic E-state index is 0.148. The first kappa shape index (κ1) is 26.8. The molecule has 8 heteroatoms. The van der Waals surface area contributed by atoms with Gasteiger partial charge in [0.1, 0.15) is 17.9 Å². The molecule has 0 atom stereocenters. The maximum absolute atomic E-state index is 13.5. The third kappa shape index (κ3) is 5.43. The summed E-state index contributed by atoms with van der Waals surface area (Å²) in [6.45, 7) is 6.44. The Morgan fingerprint density at radius 1 is 0.976 bits per heavy atom. The number of methoxy groups -OCH3 is 1. The lowest BCUT2D eigenvalue weighted by Gasteiger charge is -2.33. The molecule has 2 fully saturated rings. The molecule has 1 saturated carbocycles. The van der Waals surface area contributed by atoms with Crippen molar-refractivity contribution in [2.75, 3.05) is 38.2 Å². The average molecular weight is 563 g/mol. The SMILES string of the molecule is COc1cncc(-c2cc(C)c3ncnc(N4CCc5ccc(C(=O)N6CCC(NCC7CC7)CC6)cc5C4)c3c2)c1. The Bertz CT molecular complexity index is 1630. The van der Waals surface area contributed by atoms with E-state index < -0.39 is 0 Å². The summed E-state index contributed by atoms with van der Waals surface area (Å²) in [5, 5.41) is 4.73. The zero-order valence-electron chi connectivity index (χ0n) is 24.5. The Balaban J connectivity index is 1.11. The fraction of sp³-hybridized carbons (Fsp3) is 0.412. The predicted molar refractivity (Wildman–Crippen MR) is 165 cm³/mol. The van der Waals surface area contributed by atoms with Crippen LogP contribution in [0.4, 0.5) is 5.82 Å². The molecule has 216 valence electrons. The molecule has 8 nitrogen and oxygen atoms in total. The second-order valence-corrected chi connectivity index (χ2v) is 12.1. The quantitative estimate of drug-likeness (QED) is 0.333. The minimum Gasteiger partial charge on any atom is -0.495 e. The molecule has 1 aliphatic carbocycles. The molecular weight excluding hydrogens is 524 g/mol. The van der Waals surface area contributed by atoms with Crippen molar-refractivity contribution in [2.45, 2.75) is 51.6 Å². The molecule has 0 bridgehead atoms. The van der Waals surface area contributed by atoms with Gasteiger partial charge in [0.2, 0.25) is 0 Å². The van der Waals surface area contributed by atoms with Crippen LogP contribution in [0.2, 0.25) is 0 Å². The number of piperidine rings is 1. The van der Waals surface area contributed by atoms with Gasteiger partial charge in [0.05, 0.1) is 18.8 Å². The summed E-state index contributed by atoms with van der Waals surface area (Å²) in [5.74, 6) is 2.68. The molecule has 7 rings (SSSR count). The molecular formula is C34H38N6O2. The summed E-state index contributed by atoms with van der Waals surface area (Å²) in [5.41, 5.74) is 7.38. The van der Waals surface area contributed by atoms with Gasteiger partial charge in [-0.2, -0.15) is 0 Å². The van der Waals surface area contributed by atoms with E-state index in [4.69, 9.17) is 9.72 Å². The number of hydrogen-bond donors (Lipinski definition) is 1. The number of rotatable bonds is 7. The first-order chi connectivity index (χ1) is 20.6. The number of aryl methyl sites for hydroxylation is 1. The van der Waals surface area contributed by atoms with Gasteiger partial charge < -0.3 is 19.9 Å². The first-order valence-electron chi connectivity index (χ1n) is 15.2. The van der Waals surface area contributed by atoms with Crippen molar-refractivity contribution < 1.29 is 9.53 Å². The van der Waals surface area contributed by atoms with E-state index >= 15 is 0 Å². The van der Waals surface area contributed by atoms with E-state index in [2.05, 4.69) is 51.4 Å². The molecule has 1 amide bonds. The molecule has 4 aromatic rings. The summed E-state index contributed by atoms with van der Waals surface area (Å²) in [6.07, 6.45) is 10.9. The van der Waals surface area contributed by atoms with Crippen LogP contribution in [0.1, 0.15) is 52.7 Å². The number of nitrogens with one attached hydrogen (secondary N) is 1. The zero-order valence-corrected chi connectivity index (χ0v) is 24.5. The van der Waals surface area contributed by atoms with Crippen LogP contribution >= 0.6 is 0 Å². The Kier molecular flexibility index (Phi) is 7.24. The number of anilines is 1. The van der Waals surface area contributed by atoms with Gasteiger partial charge in [-0.1, -0.05) is 6.07 Å². The number of benzene rings is 2. The molecule has 0 radical (unpaired) electrons. The second-order valence-electron chi connectivity index (χ2n) is 12.1. The normalized spacial score (nSPS) is 17.4. The predicted octanol–water partition coefficient (Wildman–Crippen LogP) is 5.18. The van der Waals surface area contributed by atoms with Crippen molar-refractivity contribution in [1.29, 1.82) is 0 Å². The summed E-state index contributed by atoms with van der Waals surface area (Å²) in [4.78, 5) is 31.6. The van der Waals surface area contributed by atoms with E-state index in [-0.39, 0.29) is 5.91 Å². The van der Waals surface area contributed by atoms with Crippen LogP contribution in [-0.4, -0.2) is 65.1 Å². The lowest BCUT2D eigenvalue weighted by Crippen LogP contribution is -2.45. The van der Waals surface area contributed by atoms with Crippen molar-refractivity contribution in [3.8, 4) is 16.9 Å². The molecule has 0 unspecified atom stereocenters. The Labute approximate surface area is 247 Å². The molecule has 1 N–H and O–H groups in total. The Morgan fingerprint density at radius 2 is 1.83 bits per heavy atom. The van der Waals surface area contributed by atoms with E-state index in [9.17, 15) is 4.79 Å². The van der Waals surface area contributed by atoms with Crippen LogP contribution in [0.15, 0.2) is 55.1 Å². The lowest BCUT2D eigenvalue weighted by atomic mass is 9.95. The number of ether oxygens (including phenoxy) is 1. The highest BCUT2D eigenvalue weighted by molar-refractivity contribution is 5.96. The maximum Gasteiger partial charge on any atom is 0.253 e. The lowest BCUT2D eigenvalue weighted by molar-refractivity contribution is 0.0705. The number of aromatic nitrogens is 3. The van der Waals surface area contributed by atoms with E-state index in [1.165, 1.54) is 24.0 Å². The van der Waals surface area contributed by atoms with Crippen LogP contribution in [0.5, 0.6) is 5.75 Å². The van der Waals surface area contributed by atoms with Crippen LogP contribution < -0.4 is 15.0 Å². The Hall–Kier alpha value is -4.04. The van der Waals surface area contributed by atoms with E-state index in [1.807, 2.05) is 23.2 Å². The van der Waals surface area contributed by atoms with Crippen molar-refractivity contribution in [2.24, 2.45) is 5.92 Å². The number of hydrogen-bond acceptors (Lipinski definition) is 7. The molecule has 3 aliphatic rings. The molecule has 2 aliphatic heterocycles. The highest BCUT2D eigenvalue weighted by Gasteiger charge is 2.27. The highest BCUT2D eigenvalue weighted by atomic mass is 16.5.